The van der Waals surface area contributed by atoms with Crippen molar-refractivity contribution >= 4 is 11.8 Å². The second-order valence-corrected chi connectivity index (χ2v) is 6.52. The van der Waals surface area contributed by atoms with Crippen molar-refractivity contribution in [2.75, 3.05) is 0 Å². The molecule has 20 heavy (non-hydrogen) atoms. The second kappa shape index (κ2) is 4.18. The van der Waals surface area contributed by atoms with E-state index < -0.39 is 0 Å². The Kier molecular flexibility index (Phi) is 2.53. The van der Waals surface area contributed by atoms with Crippen molar-refractivity contribution in [3.8, 4) is 0 Å². The van der Waals surface area contributed by atoms with Gasteiger partial charge in [-0.1, -0.05) is 30.3 Å². The van der Waals surface area contributed by atoms with Crippen LogP contribution in [-0.4, -0.2) is 16.7 Å². The SMILES string of the molecule is C[C@@H](c1ccccc1)N1C(=O)[C@@H]2[C@@H]3CC[C@@H](C3)[C@@H]2C1=O. The Bertz CT molecular complexity index is 540. The summed E-state index contributed by atoms with van der Waals surface area (Å²) in [6.45, 7) is 1.97. The normalized spacial score (nSPS) is 36.5. The number of nitrogens with zero attached hydrogens (tertiary/aromatic N) is 1. The van der Waals surface area contributed by atoms with E-state index in [9.17, 15) is 9.59 Å². The Morgan fingerprint density at radius 1 is 1.00 bits per heavy atom. The molecule has 3 aliphatic rings. The Hall–Kier alpha value is -1.64. The van der Waals surface area contributed by atoms with Gasteiger partial charge in [0.1, 0.15) is 0 Å². The standard InChI is InChI=1S/C17H19NO2/c1-10(11-5-3-2-4-6-11)18-16(19)14-12-7-8-13(9-12)15(14)17(18)20/h2-6,10,12-15H,7-9H2,1H3/t10-,12-,13+,14-,15+/m0/s1. The average Bonchev–Trinajstić information content (AvgIpc) is 3.14. The lowest BCUT2D eigenvalue weighted by molar-refractivity contribution is -0.143. The van der Waals surface area contributed by atoms with E-state index in [-0.39, 0.29) is 29.7 Å². The molecular weight excluding hydrogens is 250 g/mol. The van der Waals surface area contributed by atoms with Crippen molar-refractivity contribution in [2.24, 2.45) is 23.7 Å². The van der Waals surface area contributed by atoms with Crippen LogP contribution in [0.4, 0.5) is 0 Å². The number of hydrogen-bond acceptors (Lipinski definition) is 2. The highest BCUT2D eigenvalue weighted by molar-refractivity contribution is 6.06. The fourth-order valence-electron chi connectivity index (χ4n) is 4.69. The molecule has 0 radical (unpaired) electrons. The minimum absolute atomic E-state index is 0.00703. The number of benzene rings is 1. The van der Waals surface area contributed by atoms with Crippen molar-refractivity contribution in [1.82, 2.24) is 4.90 Å². The van der Waals surface area contributed by atoms with Crippen LogP contribution in [0.25, 0.3) is 0 Å². The molecule has 2 bridgehead atoms. The molecule has 1 aromatic rings. The van der Waals surface area contributed by atoms with E-state index in [2.05, 4.69) is 0 Å². The van der Waals surface area contributed by atoms with Crippen molar-refractivity contribution in [2.45, 2.75) is 32.2 Å². The zero-order chi connectivity index (χ0) is 13.9. The van der Waals surface area contributed by atoms with Crippen molar-refractivity contribution < 1.29 is 9.59 Å². The molecule has 1 heterocycles. The smallest absolute Gasteiger partial charge is 0.233 e. The molecule has 5 atom stereocenters. The quantitative estimate of drug-likeness (QED) is 0.774. The van der Waals surface area contributed by atoms with Gasteiger partial charge >= 0.3 is 0 Å². The number of amides is 2. The Balaban J connectivity index is 1.67. The van der Waals surface area contributed by atoms with E-state index in [1.54, 1.807) is 4.90 Å². The number of hydrogen-bond donors (Lipinski definition) is 0. The second-order valence-electron chi connectivity index (χ2n) is 6.52. The minimum Gasteiger partial charge on any atom is -0.275 e. The van der Waals surface area contributed by atoms with Gasteiger partial charge in [-0.15, -0.1) is 0 Å². The summed E-state index contributed by atoms with van der Waals surface area (Å²) in [7, 11) is 0. The number of likely N-dealkylation sites (tertiary alicyclic amines) is 1. The topological polar surface area (TPSA) is 37.4 Å². The Morgan fingerprint density at radius 2 is 1.55 bits per heavy atom. The number of fused-ring (bicyclic) bond motifs is 5. The van der Waals surface area contributed by atoms with Crippen LogP contribution in [0.5, 0.6) is 0 Å². The number of imide groups is 1. The van der Waals surface area contributed by atoms with Crippen molar-refractivity contribution in [1.29, 1.82) is 0 Å². The molecular formula is C17H19NO2. The Labute approximate surface area is 119 Å². The average molecular weight is 269 g/mol. The predicted molar refractivity (Wildman–Crippen MR) is 74.5 cm³/mol. The van der Waals surface area contributed by atoms with E-state index in [1.165, 1.54) is 0 Å². The molecule has 1 aromatic carbocycles. The highest BCUT2D eigenvalue weighted by Gasteiger charge is 2.61. The highest BCUT2D eigenvalue weighted by atomic mass is 16.2. The first-order valence-electron chi connectivity index (χ1n) is 7.60. The van der Waals surface area contributed by atoms with E-state index in [0.29, 0.717) is 11.8 Å². The molecule has 3 nitrogen and oxygen atoms in total. The molecule has 1 saturated heterocycles. The maximum Gasteiger partial charge on any atom is 0.233 e. The van der Waals surface area contributed by atoms with E-state index >= 15 is 0 Å². The molecule has 3 heteroatoms. The molecule has 0 N–H and O–H groups in total. The molecule has 2 amide bonds. The van der Waals surface area contributed by atoms with E-state index in [1.807, 2.05) is 37.3 Å². The fraction of sp³-hybridized carbons (Fsp3) is 0.529. The summed E-state index contributed by atoms with van der Waals surface area (Å²) in [5, 5.41) is 0. The van der Waals surface area contributed by atoms with Crippen LogP contribution < -0.4 is 0 Å². The molecule has 2 aliphatic carbocycles. The lowest BCUT2D eigenvalue weighted by Gasteiger charge is -2.24. The van der Waals surface area contributed by atoms with Gasteiger partial charge in [0.05, 0.1) is 17.9 Å². The first-order chi connectivity index (χ1) is 9.68. The number of rotatable bonds is 2. The fourth-order valence-corrected chi connectivity index (χ4v) is 4.69. The largest absolute Gasteiger partial charge is 0.275 e. The lowest BCUT2D eigenvalue weighted by Crippen LogP contribution is -2.35. The van der Waals surface area contributed by atoms with Gasteiger partial charge in [-0.2, -0.15) is 0 Å². The van der Waals surface area contributed by atoms with E-state index in [0.717, 1.165) is 24.8 Å². The third-order valence-electron chi connectivity index (χ3n) is 5.63. The van der Waals surface area contributed by atoms with Gasteiger partial charge in [0.15, 0.2) is 0 Å². The maximum absolute atomic E-state index is 12.7. The maximum atomic E-state index is 12.7. The molecule has 104 valence electrons. The first kappa shape index (κ1) is 12.1. The van der Waals surface area contributed by atoms with Crippen LogP contribution in [0.3, 0.4) is 0 Å². The van der Waals surface area contributed by atoms with Crippen molar-refractivity contribution in [3.05, 3.63) is 35.9 Å². The predicted octanol–water partition coefficient (Wildman–Crippen LogP) is 2.78. The van der Waals surface area contributed by atoms with E-state index in [4.69, 9.17) is 0 Å². The third-order valence-corrected chi connectivity index (χ3v) is 5.63. The number of carbonyl (C=O) groups is 2. The third kappa shape index (κ3) is 1.46. The van der Waals surface area contributed by atoms with Crippen LogP contribution >= 0.6 is 0 Å². The van der Waals surface area contributed by atoms with Gasteiger partial charge in [0.25, 0.3) is 0 Å². The van der Waals surface area contributed by atoms with Gasteiger partial charge < -0.3 is 0 Å². The summed E-state index contributed by atoms with van der Waals surface area (Å²) >= 11 is 0. The number of carbonyl (C=O) groups excluding carboxylic acids is 2. The summed E-state index contributed by atoms with van der Waals surface area (Å²) < 4.78 is 0. The van der Waals surface area contributed by atoms with Gasteiger partial charge in [-0.25, -0.2) is 0 Å². The van der Waals surface area contributed by atoms with Gasteiger partial charge in [-0.05, 0) is 43.6 Å². The van der Waals surface area contributed by atoms with Gasteiger partial charge in [0, 0.05) is 0 Å². The molecule has 0 aromatic heterocycles. The first-order valence-corrected chi connectivity index (χ1v) is 7.60. The molecule has 1 aliphatic heterocycles. The summed E-state index contributed by atoms with van der Waals surface area (Å²) in [6.07, 6.45) is 3.37. The monoisotopic (exact) mass is 269 g/mol. The molecule has 0 spiro atoms. The summed E-state index contributed by atoms with van der Waals surface area (Å²) in [5.41, 5.74) is 1.04. The molecule has 0 unspecified atom stereocenters. The highest BCUT2D eigenvalue weighted by Crippen LogP contribution is 2.57. The summed E-state index contributed by atoms with van der Waals surface area (Å²) in [4.78, 5) is 27.0. The van der Waals surface area contributed by atoms with Crippen LogP contribution in [-0.2, 0) is 9.59 Å². The summed E-state index contributed by atoms with van der Waals surface area (Å²) in [6, 6.07) is 9.73. The van der Waals surface area contributed by atoms with Crippen LogP contribution in [0, 0.1) is 23.7 Å². The molecule has 4 rings (SSSR count). The van der Waals surface area contributed by atoms with Crippen LogP contribution in [0.1, 0.15) is 37.8 Å². The lowest BCUT2D eigenvalue weighted by atomic mass is 9.81. The van der Waals surface area contributed by atoms with Gasteiger partial charge in [-0.3, -0.25) is 14.5 Å². The zero-order valence-electron chi connectivity index (χ0n) is 11.7. The zero-order valence-corrected chi connectivity index (χ0v) is 11.7. The summed E-state index contributed by atoms with van der Waals surface area (Å²) in [5.74, 6) is 1.09. The van der Waals surface area contributed by atoms with Crippen molar-refractivity contribution in [3.63, 3.8) is 0 Å². The minimum atomic E-state index is -0.138. The Morgan fingerprint density at radius 3 is 2.10 bits per heavy atom. The molecule has 3 fully saturated rings. The van der Waals surface area contributed by atoms with Crippen LogP contribution in [0.15, 0.2) is 30.3 Å². The molecule has 2 saturated carbocycles. The van der Waals surface area contributed by atoms with Crippen LogP contribution in [0.2, 0.25) is 0 Å². The van der Waals surface area contributed by atoms with Gasteiger partial charge in [0.2, 0.25) is 11.8 Å².